The van der Waals surface area contributed by atoms with Crippen molar-refractivity contribution in [2.45, 2.75) is 32.9 Å². The predicted molar refractivity (Wildman–Crippen MR) is 121 cm³/mol. The normalized spacial score (nSPS) is 15.9. The van der Waals surface area contributed by atoms with Gasteiger partial charge in [0.15, 0.2) is 5.65 Å². The molecule has 2 aromatic carbocycles. The van der Waals surface area contributed by atoms with Gasteiger partial charge in [0, 0.05) is 24.8 Å². The lowest BCUT2D eigenvalue weighted by atomic mass is 9.96. The SMILES string of the molecule is Cc1ccc(CN2CC(Nc3nc(N)nc4[nH]ncc34)Cc3ccccc32)cc1C. The van der Waals surface area contributed by atoms with Crippen molar-refractivity contribution in [2.75, 3.05) is 22.5 Å². The van der Waals surface area contributed by atoms with Gasteiger partial charge in [0.05, 0.1) is 11.6 Å². The van der Waals surface area contributed by atoms with Gasteiger partial charge < -0.3 is 16.0 Å². The third-order valence-corrected chi connectivity index (χ3v) is 5.85. The van der Waals surface area contributed by atoms with Crippen molar-refractivity contribution in [3.63, 3.8) is 0 Å². The van der Waals surface area contributed by atoms with Crippen molar-refractivity contribution in [2.24, 2.45) is 0 Å². The number of nitrogens with one attached hydrogen (secondary N) is 2. The molecule has 0 saturated carbocycles. The number of aryl methyl sites for hydroxylation is 2. The Labute approximate surface area is 175 Å². The van der Waals surface area contributed by atoms with Gasteiger partial charge in [-0.1, -0.05) is 36.4 Å². The van der Waals surface area contributed by atoms with Crippen LogP contribution in [0.1, 0.15) is 22.3 Å². The largest absolute Gasteiger partial charge is 0.368 e. The van der Waals surface area contributed by atoms with Crippen LogP contribution in [0.4, 0.5) is 17.5 Å². The molecule has 4 aromatic rings. The van der Waals surface area contributed by atoms with Crippen LogP contribution in [0.5, 0.6) is 0 Å². The maximum absolute atomic E-state index is 5.90. The smallest absolute Gasteiger partial charge is 0.224 e. The Bertz CT molecular complexity index is 1210. The molecule has 0 bridgehead atoms. The molecule has 2 aromatic heterocycles. The maximum Gasteiger partial charge on any atom is 0.224 e. The Kier molecular flexibility index (Phi) is 4.50. The number of benzene rings is 2. The van der Waals surface area contributed by atoms with Gasteiger partial charge in [0.1, 0.15) is 5.82 Å². The summed E-state index contributed by atoms with van der Waals surface area (Å²) >= 11 is 0. The summed E-state index contributed by atoms with van der Waals surface area (Å²) in [4.78, 5) is 11.1. The molecule has 0 aliphatic carbocycles. The number of rotatable bonds is 4. The van der Waals surface area contributed by atoms with E-state index in [4.69, 9.17) is 5.73 Å². The molecule has 1 unspecified atom stereocenters. The molecule has 0 saturated heterocycles. The van der Waals surface area contributed by atoms with E-state index in [1.807, 2.05) is 0 Å². The zero-order valence-corrected chi connectivity index (χ0v) is 17.2. The molecule has 0 radical (unpaired) electrons. The minimum Gasteiger partial charge on any atom is -0.368 e. The van der Waals surface area contributed by atoms with E-state index in [1.54, 1.807) is 6.20 Å². The van der Waals surface area contributed by atoms with E-state index in [2.05, 4.69) is 86.7 Å². The second-order valence-electron chi connectivity index (χ2n) is 8.04. The van der Waals surface area contributed by atoms with E-state index in [0.29, 0.717) is 5.65 Å². The zero-order chi connectivity index (χ0) is 20.7. The Balaban J connectivity index is 1.45. The number of anilines is 3. The van der Waals surface area contributed by atoms with Gasteiger partial charge in [-0.15, -0.1) is 0 Å². The molecule has 7 nitrogen and oxygen atoms in total. The van der Waals surface area contributed by atoms with E-state index in [0.717, 1.165) is 30.7 Å². The molecule has 1 atom stereocenters. The second kappa shape index (κ2) is 7.33. The van der Waals surface area contributed by atoms with E-state index in [-0.39, 0.29) is 12.0 Å². The fourth-order valence-corrected chi connectivity index (χ4v) is 4.21. The number of H-pyrrole nitrogens is 1. The van der Waals surface area contributed by atoms with Crippen LogP contribution < -0.4 is 16.0 Å². The minimum absolute atomic E-state index is 0.193. The summed E-state index contributed by atoms with van der Waals surface area (Å²) in [5.74, 6) is 0.958. The molecule has 3 heterocycles. The Hall–Kier alpha value is -3.61. The number of fused-ring (bicyclic) bond motifs is 2. The summed E-state index contributed by atoms with van der Waals surface area (Å²) in [5.41, 5.74) is 13.1. The van der Waals surface area contributed by atoms with Crippen LogP contribution in [0.3, 0.4) is 0 Å². The maximum atomic E-state index is 5.90. The lowest BCUT2D eigenvalue weighted by Gasteiger charge is -2.37. The lowest BCUT2D eigenvalue weighted by molar-refractivity contribution is 0.628. The molecule has 5 rings (SSSR count). The highest BCUT2D eigenvalue weighted by Gasteiger charge is 2.25. The summed E-state index contributed by atoms with van der Waals surface area (Å²) in [6.07, 6.45) is 2.66. The van der Waals surface area contributed by atoms with Crippen LogP contribution >= 0.6 is 0 Å². The summed E-state index contributed by atoms with van der Waals surface area (Å²) in [6, 6.07) is 15.5. The number of hydrogen-bond acceptors (Lipinski definition) is 6. The number of aromatic nitrogens is 4. The van der Waals surface area contributed by atoms with Crippen LogP contribution in [-0.2, 0) is 13.0 Å². The first-order valence-electron chi connectivity index (χ1n) is 10.2. The average Bonchev–Trinajstić information content (AvgIpc) is 3.19. The Morgan fingerprint density at radius 2 is 2.00 bits per heavy atom. The van der Waals surface area contributed by atoms with Crippen molar-refractivity contribution in [1.82, 2.24) is 20.2 Å². The van der Waals surface area contributed by atoms with Gasteiger partial charge in [0.2, 0.25) is 5.95 Å². The van der Waals surface area contributed by atoms with Crippen LogP contribution in [0.2, 0.25) is 0 Å². The van der Waals surface area contributed by atoms with Gasteiger partial charge in [-0.3, -0.25) is 5.10 Å². The second-order valence-corrected chi connectivity index (χ2v) is 8.04. The number of nitrogen functional groups attached to an aromatic ring is 1. The molecule has 7 heteroatoms. The van der Waals surface area contributed by atoms with Crippen molar-refractivity contribution in [1.29, 1.82) is 0 Å². The van der Waals surface area contributed by atoms with Crippen molar-refractivity contribution < 1.29 is 0 Å². The minimum atomic E-state index is 0.193. The average molecular weight is 400 g/mol. The lowest BCUT2D eigenvalue weighted by Crippen LogP contribution is -2.42. The summed E-state index contributed by atoms with van der Waals surface area (Å²) in [6.45, 7) is 6.05. The van der Waals surface area contributed by atoms with Crippen molar-refractivity contribution in [3.8, 4) is 0 Å². The number of hydrogen-bond donors (Lipinski definition) is 3. The van der Waals surface area contributed by atoms with E-state index >= 15 is 0 Å². The highest BCUT2D eigenvalue weighted by Crippen LogP contribution is 2.30. The Morgan fingerprint density at radius 1 is 1.13 bits per heavy atom. The fraction of sp³-hybridized carbons (Fsp3) is 0.261. The van der Waals surface area contributed by atoms with Crippen molar-refractivity contribution in [3.05, 3.63) is 70.9 Å². The molecule has 1 aliphatic rings. The van der Waals surface area contributed by atoms with E-state index in [1.165, 1.54) is 27.9 Å². The first-order valence-corrected chi connectivity index (χ1v) is 10.2. The van der Waals surface area contributed by atoms with Gasteiger partial charge in [-0.25, -0.2) is 0 Å². The molecule has 0 spiro atoms. The van der Waals surface area contributed by atoms with Crippen LogP contribution in [0.15, 0.2) is 48.7 Å². The van der Waals surface area contributed by atoms with Gasteiger partial charge in [-0.2, -0.15) is 15.1 Å². The molecule has 4 N–H and O–H groups in total. The third-order valence-electron chi connectivity index (χ3n) is 5.85. The third kappa shape index (κ3) is 3.43. The number of aromatic amines is 1. The zero-order valence-electron chi connectivity index (χ0n) is 17.2. The van der Waals surface area contributed by atoms with Gasteiger partial charge in [0.25, 0.3) is 0 Å². The topological polar surface area (TPSA) is 95.7 Å². The summed E-state index contributed by atoms with van der Waals surface area (Å²) in [7, 11) is 0. The molecule has 0 fully saturated rings. The number of nitrogens with two attached hydrogens (primary N) is 1. The summed E-state index contributed by atoms with van der Waals surface area (Å²) < 4.78 is 0. The highest BCUT2D eigenvalue weighted by atomic mass is 15.2. The molecule has 0 amide bonds. The number of para-hydroxylation sites is 1. The van der Waals surface area contributed by atoms with E-state index in [9.17, 15) is 0 Å². The van der Waals surface area contributed by atoms with Gasteiger partial charge in [-0.05, 0) is 48.6 Å². The molecular formula is C23H25N7. The quantitative estimate of drug-likeness (QED) is 0.485. The molecule has 30 heavy (non-hydrogen) atoms. The Morgan fingerprint density at radius 3 is 2.87 bits per heavy atom. The number of nitrogens with zero attached hydrogens (tertiary/aromatic N) is 4. The molecule has 1 aliphatic heterocycles. The summed E-state index contributed by atoms with van der Waals surface area (Å²) in [5, 5.41) is 11.4. The molecular weight excluding hydrogens is 374 g/mol. The molecule has 152 valence electrons. The first kappa shape index (κ1) is 18.4. The van der Waals surface area contributed by atoms with Gasteiger partial charge >= 0.3 is 0 Å². The monoisotopic (exact) mass is 399 g/mol. The predicted octanol–water partition coefficient (Wildman–Crippen LogP) is 3.60. The van der Waals surface area contributed by atoms with E-state index < -0.39 is 0 Å². The first-order chi connectivity index (χ1) is 14.6. The highest BCUT2D eigenvalue weighted by molar-refractivity contribution is 5.87. The van der Waals surface area contributed by atoms with Crippen LogP contribution in [0.25, 0.3) is 11.0 Å². The van der Waals surface area contributed by atoms with Crippen LogP contribution in [-0.4, -0.2) is 32.8 Å². The standard InChI is InChI=1S/C23H25N7/c1-14-7-8-16(9-15(14)2)12-30-13-18(10-17-5-3-4-6-20(17)30)26-21-19-11-25-29-22(19)28-23(24)27-21/h3-9,11,18H,10,12-13H2,1-2H3,(H4,24,25,26,27,28,29). The fourth-order valence-electron chi connectivity index (χ4n) is 4.21. The van der Waals surface area contributed by atoms with Crippen LogP contribution in [0, 0.1) is 13.8 Å². The van der Waals surface area contributed by atoms with Crippen molar-refractivity contribution >= 4 is 28.5 Å².